The van der Waals surface area contributed by atoms with Crippen molar-refractivity contribution >= 4 is 16.7 Å². The van der Waals surface area contributed by atoms with Gasteiger partial charge in [0.25, 0.3) is 0 Å². The fraction of sp³-hybridized carbons (Fsp3) is 0.586. The summed E-state index contributed by atoms with van der Waals surface area (Å²) in [7, 11) is 2.20. The third-order valence-corrected chi connectivity index (χ3v) is 9.18. The molecule has 9 nitrogen and oxygen atoms in total. The molecule has 4 N–H and O–H groups in total. The number of piperazine rings is 1. The molecule has 4 unspecified atom stereocenters. The van der Waals surface area contributed by atoms with Crippen molar-refractivity contribution < 1.29 is 0 Å². The number of likely N-dealkylation sites (N-methyl/N-ethyl adjacent to an activating group) is 1. The van der Waals surface area contributed by atoms with E-state index in [9.17, 15) is 0 Å². The maximum atomic E-state index is 5.21. The Labute approximate surface area is 225 Å². The molecule has 0 saturated carbocycles. The Morgan fingerprint density at radius 1 is 0.974 bits per heavy atom. The molecule has 0 radical (unpaired) electrons. The van der Waals surface area contributed by atoms with Crippen LogP contribution in [-0.4, -0.2) is 83.7 Å². The van der Waals surface area contributed by atoms with Crippen LogP contribution in [0, 0.1) is 5.92 Å². The molecule has 0 amide bonds. The summed E-state index contributed by atoms with van der Waals surface area (Å²) >= 11 is 0. The summed E-state index contributed by atoms with van der Waals surface area (Å²) in [6.45, 7) is 8.64. The van der Waals surface area contributed by atoms with Gasteiger partial charge in [0.1, 0.15) is 11.3 Å². The monoisotopic (exact) mass is 515 g/mol. The maximum absolute atomic E-state index is 5.21. The van der Waals surface area contributed by atoms with E-state index >= 15 is 0 Å². The molecule has 38 heavy (non-hydrogen) atoms. The van der Waals surface area contributed by atoms with E-state index in [-0.39, 0.29) is 6.04 Å². The van der Waals surface area contributed by atoms with Crippen LogP contribution in [0.3, 0.4) is 0 Å². The van der Waals surface area contributed by atoms with Gasteiger partial charge in [-0.15, -0.1) is 0 Å². The van der Waals surface area contributed by atoms with Crippen LogP contribution in [0.2, 0.25) is 0 Å². The second kappa shape index (κ2) is 10.5. The third kappa shape index (κ3) is 4.82. The zero-order valence-corrected chi connectivity index (χ0v) is 22.5. The van der Waals surface area contributed by atoms with Gasteiger partial charge >= 0.3 is 0 Å². The van der Waals surface area contributed by atoms with E-state index in [1.165, 1.54) is 49.2 Å². The minimum atomic E-state index is 0.154. The molecule has 2 aromatic heterocycles. The predicted octanol–water partition coefficient (Wildman–Crippen LogP) is 2.56. The molecule has 4 saturated heterocycles. The fourth-order valence-corrected chi connectivity index (χ4v) is 6.94. The molecule has 6 heterocycles. The Hall–Kier alpha value is -2.56. The second-order valence-corrected chi connectivity index (χ2v) is 11.8. The molecule has 7 rings (SSSR count). The maximum Gasteiger partial charge on any atom is 0.126 e. The van der Waals surface area contributed by atoms with E-state index < -0.39 is 0 Å². The van der Waals surface area contributed by atoms with Crippen molar-refractivity contribution in [2.24, 2.45) is 5.92 Å². The molecule has 0 bridgehead atoms. The summed E-state index contributed by atoms with van der Waals surface area (Å²) in [6, 6.07) is 9.77. The Kier molecular flexibility index (Phi) is 6.79. The highest BCUT2D eigenvalue weighted by atomic mass is 15.4. The van der Waals surface area contributed by atoms with Gasteiger partial charge < -0.3 is 20.1 Å². The number of H-pyrrole nitrogens is 1. The number of likely N-dealkylation sites (tertiary alicyclic amines) is 1. The molecule has 4 aliphatic rings. The van der Waals surface area contributed by atoms with Crippen LogP contribution in [0.5, 0.6) is 0 Å². The van der Waals surface area contributed by atoms with Gasteiger partial charge in [0.05, 0.1) is 17.2 Å². The first-order valence-electron chi connectivity index (χ1n) is 14.5. The summed E-state index contributed by atoms with van der Waals surface area (Å²) in [5.74, 6) is 1.49. The first-order valence-corrected chi connectivity index (χ1v) is 14.5. The van der Waals surface area contributed by atoms with Crippen LogP contribution in [0.1, 0.15) is 54.7 Å². The van der Waals surface area contributed by atoms with Crippen molar-refractivity contribution in [3.63, 3.8) is 0 Å². The number of para-hydroxylation sites is 1. The van der Waals surface area contributed by atoms with E-state index in [0.717, 1.165) is 62.5 Å². The predicted molar refractivity (Wildman–Crippen MR) is 151 cm³/mol. The van der Waals surface area contributed by atoms with Crippen LogP contribution < -0.4 is 21.1 Å². The highest BCUT2D eigenvalue weighted by Crippen LogP contribution is 2.39. The minimum Gasteiger partial charge on any atom is -0.367 e. The molecular formula is C29H41N9. The van der Waals surface area contributed by atoms with Gasteiger partial charge in [-0.2, -0.15) is 0 Å². The number of piperidine rings is 2. The van der Waals surface area contributed by atoms with Crippen LogP contribution in [-0.2, 0) is 6.54 Å². The van der Waals surface area contributed by atoms with E-state index in [0.29, 0.717) is 18.0 Å². The average Bonchev–Trinajstić information content (AvgIpc) is 3.58. The van der Waals surface area contributed by atoms with E-state index in [1.54, 1.807) is 0 Å². The van der Waals surface area contributed by atoms with Crippen molar-refractivity contribution in [3.8, 4) is 0 Å². The molecular weight excluding hydrogens is 474 g/mol. The average molecular weight is 516 g/mol. The highest BCUT2D eigenvalue weighted by molar-refractivity contribution is 5.89. The van der Waals surface area contributed by atoms with Crippen molar-refractivity contribution in [1.29, 1.82) is 0 Å². The number of hydrogen-bond donors (Lipinski definition) is 4. The van der Waals surface area contributed by atoms with Gasteiger partial charge in [-0.05, 0) is 68.7 Å². The van der Waals surface area contributed by atoms with Gasteiger partial charge in [-0.3, -0.25) is 15.3 Å². The number of pyridine rings is 1. The molecule has 3 aromatic rings. The summed E-state index contributed by atoms with van der Waals surface area (Å²) in [6.07, 6.45) is 9.17. The van der Waals surface area contributed by atoms with Gasteiger partial charge in [0.15, 0.2) is 0 Å². The Morgan fingerprint density at radius 2 is 1.84 bits per heavy atom. The number of nitrogens with zero attached hydrogens (tertiary/aromatic N) is 5. The van der Waals surface area contributed by atoms with Gasteiger partial charge in [-0.25, -0.2) is 10.4 Å². The van der Waals surface area contributed by atoms with Gasteiger partial charge in [0.2, 0.25) is 0 Å². The highest BCUT2D eigenvalue weighted by Gasteiger charge is 2.42. The Morgan fingerprint density at radius 3 is 2.71 bits per heavy atom. The number of benzene rings is 1. The van der Waals surface area contributed by atoms with Crippen molar-refractivity contribution in [1.82, 2.24) is 40.9 Å². The number of fused-ring (bicyclic) bond motifs is 2. The lowest BCUT2D eigenvalue weighted by Gasteiger charge is -2.34. The number of aromatic amines is 1. The number of hydrogen-bond acceptors (Lipinski definition) is 8. The molecule has 4 aliphatic heterocycles. The number of imidazole rings is 1. The zero-order chi connectivity index (χ0) is 25.5. The normalized spacial score (nSPS) is 29.1. The minimum absolute atomic E-state index is 0.154. The number of hydrazine groups is 1. The molecule has 1 aromatic carbocycles. The smallest absolute Gasteiger partial charge is 0.126 e. The van der Waals surface area contributed by atoms with Crippen molar-refractivity contribution in [2.45, 2.75) is 50.4 Å². The lowest BCUT2D eigenvalue weighted by Crippen LogP contribution is -2.46. The number of rotatable bonds is 5. The van der Waals surface area contributed by atoms with Crippen molar-refractivity contribution in [3.05, 3.63) is 53.6 Å². The fourth-order valence-electron chi connectivity index (χ4n) is 6.94. The molecule has 4 fully saturated rings. The van der Waals surface area contributed by atoms with Crippen LogP contribution in [0.25, 0.3) is 11.0 Å². The third-order valence-electron chi connectivity index (χ3n) is 9.18. The van der Waals surface area contributed by atoms with Crippen molar-refractivity contribution in [2.75, 3.05) is 57.8 Å². The van der Waals surface area contributed by atoms with Crippen LogP contribution in [0.4, 0.5) is 5.69 Å². The summed E-state index contributed by atoms with van der Waals surface area (Å²) in [4.78, 5) is 21.0. The summed E-state index contributed by atoms with van der Waals surface area (Å²) in [5.41, 5.74) is 13.3. The first kappa shape index (κ1) is 24.5. The van der Waals surface area contributed by atoms with Crippen LogP contribution >= 0.6 is 0 Å². The molecule has 202 valence electrons. The molecule has 0 spiro atoms. The number of anilines is 1. The Bertz CT molecular complexity index is 1240. The lowest BCUT2D eigenvalue weighted by atomic mass is 9.82. The largest absolute Gasteiger partial charge is 0.367 e. The Balaban J connectivity index is 1.09. The molecule has 0 aliphatic carbocycles. The van der Waals surface area contributed by atoms with E-state index in [2.05, 4.69) is 84.5 Å². The van der Waals surface area contributed by atoms with Crippen LogP contribution in [0.15, 0.2) is 36.7 Å². The summed E-state index contributed by atoms with van der Waals surface area (Å²) < 4.78 is 0. The topological polar surface area (TPSA) is 87.4 Å². The number of aromatic nitrogens is 3. The van der Waals surface area contributed by atoms with E-state index in [1.807, 2.05) is 0 Å². The van der Waals surface area contributed by atoms with Gasteiger partial charge in [0, 0.05) is 69.7 Å². The molecule has 9 heteroatoms. The number of nitrogens with one attached hydrogen (secondary N) is 4. The summed E-state index contributed by atoms with van der Waals surface area (Å²) in [5, 5.41) is 3.79. The second-order valence-electron chi connectivity index (χ2n) is 11.8. The SMILES string of the molecule is CN1CCN(c2cccc3[nH]c(C4NNC5CNC(c6cncc(CN7CCCCC7)c6)CC54)nc23)CC1. The lowest BCUT2D eigenvalue weighted by molar-refractivity contribution is 0.220. The van der Waals surface area contributed by atoms with Gasteiger partial charge in [-0.1, -0.05) is 12.5 Å². The van der Waals surface area contributed by atoms with E-state index in [4.69, 9.17) is 4.98 Å². The zero-order valence-electron chi connectivity index (χ0n) is 22.5. The molecule has 4 atom stereocenters. The standard InChI is InChI=1S/C29H41N9/c1-36-10-12-38(13-11-36)26-7-5-6-23-28(26)33-29(32-23)27-22-15-24(31-18-25(22)34-35-27)21-14-20(16-30-17-21)19-37-8-3-2-4-9-37/h5-7,14,16-17,22,24-25,27,31,34-35H,2-4,8-13,15,18-19H2,1H3,(H,32,33). The quantitative estimate of drug-likeness (QED) is 0.413. The first-order chi connectivity index (χ1) is 18.7.